The van der Waals surface area contributed by atoms with Crippen LogP contribution in [0.25, 0.3) is 0 Å². The molecule has 1 amide bonds. The number of amides is 1. The van der Waals surface area contributed by atoms with Crippen molar-refractivity contribution in [3.8, 4) is 11.5 Å². The molecule has 0 aliphatic carbocycles. The molecule has 148 valence electrons. The van der Waals surface area contributed by atoms with E-state index in [9.17, 15) is 9.90 Å². The minimum Gasteiger partial charge on any atom is -0.504 e. The Morgan fingerprint density at radius 1 is 1.29 bits per heavy atom. The zero-order valence-corrected chi connectivity index (χ0v) is 19.2. The minimum atomic E-state index is -0.149. The SMILES string of the molecule is CCOc1cc(Br)c(Br)c(C=Nc2ccc(NC(=S)NC(=O)CC)cc2)c1O. The van der Waals surface area contributed by atoms with Crippen molar-refractivity contribution >= 4 is 72.7 Å². The predicted octanol–water partition coefficient (Wildman–Crippen LogP) is 5.29. The first-order valence-electron chi connectivity index (χ1n) is 8.44. The normalized spacial score (nSPS) is 10.7. The fourth-order valence-electron chi connectivity index (χ4n) is 2.14. The Kier molecular flexibility index (Phi) is 8.40. The zero-order chi connectivity index (χ0) is 20.7. The number of carbonyl (C=O) groups excluding carboxylic acids is 1. The molecule has 28 heavy (non-hydrogen) atoms. The molecule has 0 unspecified atom stereocenters. The standard InChI is InChI=1S/C19H19Br2N3O3S/c1-3-16(25)24-19(28)23-12-7-5-11(6-8-12)22-10-13-17(21)14(20)9-15(18(13)26)27-4-2/h5-10,26H,3-4H2,1-2H3,(H2,23,24,25,28). The summed E-state index contributed by atoms with van der Waals surface area (Å²) >= 11 is 12.0. The molecule has 0 aliphatic heterocycles. The molecule has 2 rings (SSSR count). The summed E-state index contributed by atoms with van der Waals surface area (Å²) in [6.07, 6.45) is 1.92. The number of phenolic OH excluding ortho intramolecular Hbond substituents is 1. The lowest BCUT2D eigenvalue weighted by molar-refractivity contribution is -0.119. The average molecular weight is 529 g/mol. The maximum absolute atomic E-state index is 11.3. The molecule has 0 heterocycles. The minimum absolute atomic E-state index is 0.0102. The second-order valence-corrected chi connectivity index (χ2v) is 7.58. The van der Waals surface area contributed by atoms with Gasteiger partial charge in [0.05, 0.1) is 17.9 Å². The number of aliphatic imine (C=N–C) groups is 1. The molecule has 0 radical (unpaired) electrons. The number of halogens is 2. The molecular formula is C19H19Br2N3O3S. The molecule has 0 aromatic heterocycles. The van der Waals surface area contributed by atoms with Crippen LogP contribution in [0.1, 0.15) is 25.8 Å². The highest BCUT2D eigenvalue weighted by Gasteiger charge is 2.14. The Morgan fingerprint density at radius 3 is 2.57 bits per heavy atom. The van der Waals surface area contributed by atoms with Crippen LogP contribution in [0.4, 0.5) is 11.4 Å². The van der Waals surface area contributed by atoms with Crippen molar-refractivity contribution in [3.63, 3.8) is 0 Å². The monoisotopic (exact) mass is 527 g/mol. The molecule has 2 aromatic rings. The number of nitrogens with zero attached hydrogens (tertiary/aromatic N) is 1. The Hall–Kier alpha value is -1.97. The molecule has 0 saturated carbocycles. The second kappa shape index (κ2) is 10.5. The fraction of sp³-hybridized carbons (Fsp3) is 0.211. The first-order valence-corrected chi connectivity index (χ1v) is 10.4. The van der Waals surface area contributed by atoms with Gasteiger partial charge in [-0.1, -0.05) is 6.92 Å². The molecule has 0 spiro atoms. The first kappa shape index (κ1) is 22.3. The molecule has 0 saturated heterocycles. The number of anilines is 1. The summed E-state index contributed by atoms with van der Waals surface area (Å²) in [5, 5.41) is 16.2. The van der Waals surface area contributed by atoms with Crippen LogP contribution >= 0.6 is 44.1 Å². The smallest absolute Gasteiger partial charge is 0.225 e. The summed E-state index contributed by atoms with van der Waals surface area (Å²) in [6.45, 7) is 4.04. The number of thiocarbonyl (C=S) groups is 1. The number of ether oxygens (including phenoxy) is 1. The van der Waals surface area contributed by atoms with Gasteiger partial charge in [-0.3, -0.25) is 9.79 Å². The van der Waals surface area contributed by atoms with Crippen molar-refractivity contribution in [1.29, 1.82) is 0 Å². The van der Waals surface area contributed by atoms with Crippen molar-refractivity contribution in [1.82, 2.24) is 5.32 Å². The zero-order valence-electron chi connectivity index (χ0n) is 15.3. The van der Waals surface area contributed by atoms with Crippen molar-refractivity contribution in [3.05, 3.63) is 44.8 Å². The van der Waals surface area contributed by atoms with Gasteiger partial charge < -0.3 is 20.5 Å². The molecule has 0 aliphatic rings. The van der Waals surface area contributed by atoms with Crippen LogP contribution in [0.3, 0.4) is 0 Å². The van der Waals surface area contributed by atoms with E-state index in [2.05, 4.69) is 47.5 Å². The van der Waals surface area contributed by atoms with E-state index >= 15 is 0 Å². The van der Waals surface area contributed by atoms with E-state index in [1.54, 1.807) is 43.5 Å². The first-order chi connectivity index (χ1) is 13.3. The maximum atomic E-state index is 11.3. The highest BCUT2D eigenvalue weighted by molar-refractivity contribution is 9.13. The number of rotatable bonds is 6. The highest BCUT2D eigenvalue weighted by Crippen LogP contribution is 2.39. The lowest BCUT2D eigenvalue weighted by atomic mass is 10.2. The van der Waals surface area contributed by atoms with Crippen molar-refractivity contribution in [2.75, 3.05) is 11.9 Å². The number of aromatic hydroxyl groups is 1. The van der Waals surface area contributed by atoms with E-state index in [1.807, 2.05) is 6.92 Å². The number of hydrogen-bond donors (Lipinski definition) is 3. The lowest BCUT2D eigenvalue weighted by Gasteiger charge is -2.11. The van der Waals surface area contributed by atoms with Gasteiger partial charge in [0.15, 0.2) is 16.6 Å². The molecule has 0 atom stereocenters. The Balaban J connectivity index is 2.15. The van der Waals surface area contributed by atoms with E-state index in [4.69, 9.17) is 17.0 Å². The van der Waals surface area contributed by atoms with Gasteiger partial charge in [0.1, 0.15) is 0 Å². The molecule has 6 nitrogen and oxygen atoms in total. The van der Waals surface area contributed by atoms with E-state index in [0.717, 1.165) is 10.2 Å². The third-order valence-electron chi connectivity index (χ3n) is 3.53. The Bertz CT molecular complexity index is 902. The average Bonchev–Trinajstić information content (AvgIpc) is 2.67. The molecule has 9 heteroatoms. The van der Waals surface area contributed by atoms with Gasteiger partial charge in [0.25, 0.3) is 0 Å². The lowest BCUT2D eigenvalue weighted by Crippen LogP contribution is -2.33. The van der Waals surface area contributed by atoms with Gasteiger partial charge in [-0.15, -0.1) is 0 Å². The van der Waals surface area contributed by atoms with Crippen molar-refractivity contribution < 1.29 is 14.6 Å². The highest BCUT2D eigenvalue weighted by atomic mass is 79.9. The van der Waals surface area contributed by atoms with Gasteiger partial charge in [0.2, 0.25) is 5.91 Å². The quantitative estimate of drug-likeness (QED) is 0.350. The third kappa shape index (κ3) is 6.02. The third-order valence-corrected chi connectivity index (χ3v) is 5.75. The second-order valence-electron chi connectivity index (χ2n) is 5.53. The maximum Gasteiger partial charge on any atom is 0.225 e. The van der Waals surface area contributed by atoms with Crippen molar-refractivity contribution in [2.45, 2.75) is 20.3 Å². The molecule has 0 fully saturated rings. The molecular weight excluding hydrogens is 510 g/mol. The summed E-state index contributed by atoms with van der Waals surface area (Å²) in [4.78, 5) is 15.7. The van der Waals surface area contributed by atoms with Crippen LogP contribution in [0.2, 0.25) is 0 Å². The Labute approximate surface area is 185 Å². The summed E-state index contributed by atoms with van der Waals surface area (Å²) in [5.41, 5.74) is 1.91. The molecule has 2 aromatic carbocycles. The van der Waals surface area contributed by atoms with Crippen LogP contribution in [0.5, 0.6) is 11.5 Å². The molecule has 3 N–H and O–H groups in total. The topological polar surface area (TPSA) is 83.0 Å². The summed E-state index contributed by atoms with van der Waals surface area (Å²) in [7, 11) is 0. The van der Waals surface area contributed by atoms with Crippen LogP contribution in [-0.4, -0.2) is 28.9 Å². The number of phenols is 1. The van der Waals surface area contributed by atoms with E-state index in [-0.39, 0.29) is 16.8 Å². The van der Waals surface area contributed by atoms with Crippen LogP contribution in [0.15, 0.2) is 44.3 Å². The Morgan fingerprint density at radius 2 is 1.96 bits per heavy atom. The van der Waals surface area contributed by atoms with Gasteiger partial charge in [-0.05, 0) is 81.3 Å². The van der Waals surface area contributed by atoms with Gasteiger partial charge in [-0.2, -0.15) is 0 Å². The number of hydrogen-bond acceptors (Lipinski definition) is 5. The number of carbonyl (C=O) groups is 1. The predicted molar refractivity (Wildman–Crippen MR) is 123 cm³/mol. The van der Waals surface area contributed by atoms with Crippen molar-refractivity contribution in [2.24, 2.45) is 4.99 Å². The van der Waals surface area contributed by atoms with E-state index < -0.39 is 0 Å². The number of nitrogens with one attached hydrogen (secondary N) is 2. The van der Waals surface area contributed by atoms with Crippen LogP contribution < -0.4 is 15.4 Å². The summed E-state index contributed by atoms with van der Waals surface area (Å²) in [6, 6.07) is 8.85. The molecule has 0 bridgehead atoms. The summed E-state index contributed by atoms with van der Waals surface area (Å²) < 4.78 is 6.86. The largest absolute Gasteiger partial charge is 0.504 e. The summed E-state index contributed by atoms with van der Waals surface area (Å²) in [5.74, 6) is 0.238. The van der Waals surface area contributed by atoms with Gasteiger partial charge in [0, 0.05) is 27.3 Å². The van der Waals surface area contributed by atoms with Crippen LogP contribution in [-0.2, 0) is 4.79 Å². The van der Waals surface area contributed by atoms with Gasteiger partial charge in [-0.25, -0.2) is 0 Å². The van der Waals surface area contributed by atoms with E-state index in [0.29, 0.717) is 34.5 Å². The van der Waals surface area contributed by atoms with Crippen LogP contribution in [0, 0.1) is 0 Å². The number of benzene rings is 2. The van der Waals surface area contributed by atoms with E-state index in [1.165, 1.54) is 0 Å². The fourth-order valence-corrected chi connectivity index (χ4v) is 3.20. The van der Waals surface area contributed by atoms with Gasteiger partial charge >= 0.3 is 0 Å².